The van der Waals surface area contributed by atoms with E-state index in [9.17, 15) is 10.2 Å². The summed E-state index contributed by atoms with van der Waals surface area (Å²) in [5.74, 6) is 0.463. The summed E-state index contributed by atoms with van der Waals surface area (Å²) in [7, 11) is 0. The molecule has 39 heavy (non-hydrogen) atoms. The third-order valence-electron chi connectivity index (χ3n) is 5.71. The van der Waals surface area contributed by atoms with Crippen LogP contribution in [0.4, 0.5) is 0 Å². The molecule has 2 unspecified atom stereocenters. The standard InChI is InChI=1S/C14H14O2.2C6H14O2.C5H12O2/c15-13(11-7-3-1-4-8-11)14(16)12-9-5-2-6-10-12;1-6(2-4-7)3-5-8;7-5-3-1-2-4-6-8;6-4-2-1-3-5-7/h1-10,13-16H;6-8H,2-5H2,1H3;7-8H,1-6H2;6-7H,1-5H2. The number of unbranched alkanes of at least 4 members (excludes halogenated alkanes) is 5. The number of rotatable bonds is 16. The zero-order valence-electron chi connectivity index (χ0n) is 23.7. The van der Waals surface area contributed by atoms with Crippen LogP contribution >= 0.6 is 0 Å². The fourth-order valence-corrected chi connectivity index (χ4v) is 3.23. The second-order valence-electron chi connectivity index (χ2n) is 9.21. The van der Waals surface area contributed by atoms with Crippen molar-refractivity contribution in [1.29, 1.82) is 0 Å². The smallest absolute Gasteiger partial charge is 0.109 e. The molecular weight excluding hydrogens is 500 g/mol. The second-order valence-corrected chi connectivity index (χ2v) is 9.21. The molecule has 0 aliphatic heterocycles. The van der Waals surface area contributed by atoms with Crippen molar-refractivity contribution in [3.63, 3.8) is 0 Å². The number of aliphatic hydroxyl groups excluding tert-OH is 8. The lowest BCUT2D eigenvalue weighted by Gasteiger charge is -2.18. The Bertz CT molecular complexity index is 643. The lowest BCUT2D eigenvalue weighted by Crippen LogP contribution is -2.09. The first-order valence-electron chi connectivity index (χ1n) is 14.0. The summed E-state index contributed by atoms with van der Waals surface area (Å²) < 4.78 is 0. The largest absolute Gasteiger partial charge is 0.396 e. The Hall–Kier alpha value is -1.88. The minimum absolute atomic E-state index is 0.237. The van der Waals surface area contributed by atoms with Gasteiger partial charge in [0.1, 0.15) is 12.2 Å². The highest BCUT2D eigenvalue weighted by molar-refractivity contribution is 5.24. The molecule has 0 heterocycles. The van der Waals surface area contributed by atoms with Crippen LogP contribution < -0.4 is 0 Å². The number of aliphatic hydroxyl groups is 8. The third-order valence-corrected chi connectivity index (χ3v) is 5.71. The Morgan fingerprint density at radius 1 is 0.436 bits per heavy atom. The van der Waals surface area contributed by atoms with E-state index >= 15 is 0 Å². The Labute approximate surface area is 235 Å². The van der Waals surface area contributed by atoms with E-state index in [1.54, 1.807) is 24.3 Å². The van der Waals surface area contributed by atoms with Gasteiger partial charge in [-0.1, -0.05) is 80.4 Å². The summed E-state index contributed by atoms with van der Waals surface area (Å²) in [5, 5.41) is 69.8. The van der Waals surface area contributed by atoms with Crippen LogP contribution in [-0.4, -0.2) is 80.5 Å². The first kappa shape index (κ1) is 39.3. The highest BCUT2D eigenvalue weighted by Gasteiger charge is 2.19. The van der Waals surface area contributed by atoms with Crippen LogP contribution in [0.5, 0.6) is 0 Å². The summed E-state index contributed by atoms with van der Waals surface area (Å²) >= 11 is 0. The van der Waals surface area contributed by atoms with Gasteiger partial charge >= 0.3 is 0 Å². The molecule has 226 valence electrons. The van der Waals surface area contributed by atoms with Gasteiger partial charge in [-0.25, -0.2) is 0 Å². The molecule has 0 spiro atoms. The molecule has 0 aliphatic carbocycles. The molecule has 0 saturated carbocycles. The summed E-state index contributed by atoms with van der Waals surface area (Å²) in [5.41, 5.74) is 1.44. The Balaban J connectivity index is 0. The van der Waals surface area contributed by atoms with Crippen LogP contribution in [0.3, 0.4) is 0 Å². The molecule has 2 atom stereocenters. The highest BCUT2D eigenvalue weighted by Crippen LogP contribution is 2.27. The van der Waals surface area contributed by atoms with Crippen LogP contribution in [0, 0.1) is 5.92 Å². The monoisotopic (exact) mass is 554 g/mol. The number of hydrogen-bond acceptors (Lipinski definition) is 8. The normalized spacial score (nSPS) is 11.7. The zero-order valence-corrected chi connectivity index (χ0v) is 23.7. The van der Waals surface area contributed by atoms with Crippen LogP contribution in [0.25, 0.3) is 0 Å². The molecule has 2 aromatic carbocycles. The van der Waals surface area contributed by atoms with Gasteiger partial charge in [0, 0.05) is 39.6 Å². The zero-order chi connectivity index (χ0) is 29.6. The van der Waals surface area contributed by atoms with Crippen molar-refractivity contribution in [2.45, 2.75) is 76.9 Å². The van der Waals surface area contributed by atoms with E-state index in [4.69, 9.17) is 30.6 Å². The molecule has 2 aromatic rings. The second kappa shape index (κ2) is 30.7. The van der Waals surface area contributed by atoms with Crippen molar-refractivity contribution >= 4 is 0 Å². The molecule has 0 amide bonds. The minimum Gasteiger partial charge on any atom is -0.396 e. The maximum absolute atomic E-state index is 9.99. The van der Waals surface area contributed by atoms with E-state index in [1.807, 2.05) is 43.3 Å². The maximum atomic E-state index is 9.99. The van der Waals surface area contributed by atoms with Crippen molar-refractivity contribution in [2.24, 2.45) is 5.92 Å². The predicted molar refractivity (Wildman–Crippen MR) is 156 cm³/mol. The van der Waals surface area contributed by atoms with Crippen molar-refractivity contribution in [1.82, 2.24) is 0 Å². The third kappa shape index (κ3) is 24.9. The summed E-state index contributed by atoms with van der Waals surface area (Å²) in [6.07, 6.45) is 6.25. The quantitative estimate of drug-likeness (QED) is 0.146. The van der Waals surface area contributed by atoms with Gasteiger partial charge in [0.2, 0.25) is 0 Å². The van der Waals surface area contributed by atoms with E-state index in [0.717, 1.165) is 68.9 Å². The van der Waals surface area contributed by atoms with Gasteiger partial charge in [0.05, 0.1) is 0 Å². The van der Waals surface area contributed by atoms with E-state index < -0.39 is 12.2 Å². The molecule has 8 nitrogen and oxygen atoms in total. The molecule has 0 aliphatic rings. The van der Waals surface area contributed by atoms with E-state index in [2.05, 4.69) is 0 Å². The van der Waals surface area contributed by atoms with Gasteiger partial charge in [-0.2, -0.15) is 0 Å². The van der Waals surface area contributed by atoms with E-state index in [1.165, 1.54) is 0 Å². The molecule has 0 saturated heterocycles. The van der Waals surface area contributed by atoms with Crippen molar-refractivity contribution < 1.29 is 40.9 Å². The Morgan fingerprint density at radius 2 is 0.718 bits per heavy atom. The van der Waals surface area contributed by atoms with E-state index in [0.29, 0.717) is 5.92 Å². The Morgan fingerprint density at radius 3 is 0.974 bits per heavy atom. The predicted octanol–water partition coefficient (Wildman–Crippen LogP) is 3.51. The molecular formula is C31H54O8. The fraction of sp³-hybridized carbons (Fsp3) is 0.613. The van der Waals surface area contributed by atoms with Crippen LogP contribution in [0.15, 0.2) is 60.7 Å². The molecule has 0 bridgehead atoms. The van der Waals surface area contributed by atoms with Crippen molar-refractivity contribution in [3.8, 4) is 0 Å². The molecule has 0 radical (unpaired) electrons. The summed E-state index contributed by atoms with van der Waals surface area (Å²) in [6.45, 7) is 3.56. The molecule has 2 rings (SSSR count). The topological polar surface area (TPSA) is 162 Å². The van der Waals surface area contributed by atoms with Crippen LogP contribution in [0.2, 0.25) is 0 Å². The van der Waals surface area contributed by atoms with Gasteiger partial charge < -0.3 is 40.9 Å². The first-order chi connectivity index (χ1) is 18.9. The molecule has 8 N–H and O–H groups in total. The van der Waals surface area contributed by atoms with Crippen LogP contribution in [0.1, 0.15) is 88.0 Å². The summed E-state index contributed by atoms with van der Waals surface area (Å²) in [6, 6.07) is 18.3. The molecule has 8 heteroatoms. The van der Waals surface area contributed by atoms with Crippen molar-refractivity contribution in [3.05, 3.63) is 71.8 Å². The fourth-order valence-electron chi connectivity index (χ4n) is 3.23. The average molecular weight is 555 g/mol. The van der Waals surface area contributed by atoms with Gasteiger partial charge in [0.15, 0.2) is 0 Å². The molecule has 0 aromatic heterocycles. The Kier molecular flexibility index (Phi) is 30.9. The number of hydrogen-bond donors (Lipinski definition) is 8. The van der Waals surface area contributed by atoms with Crippen molar-refractivity contribution in [2.75, 3.05) is 39.6 Å². The van der Waals surface area contributed by atoms with Crippen LogP contribution in [-0.2, 0) is 0 Å². The maximum Gasteiger partial charge on any atom is 0.109 e. The number of benzene rings is 2. The SMILES string of the molecule is CC(CCO)CCO.OC(c1ccccc1)C(O)c1ccccc1.OCCCCCCO.OCCCCCO. The van der Waals surface area contributed by atoms with Gasteiger partial charge in [-0.15, -0.1) is 0 Å². The lowest BCUT2D eigenvalue weighted by atomic mass is 9.99. The van der Waals surface area contributed by atoms with Gasteiger partial charge in [-0.05, 0) is 62.0 Å². The molecule has 0 fully saturated rings. The van der Waals surface area contributed by atoms with Gasteiger partial charge in [-0.3, -0.25) is 0 Å². The minimum atomic E-state index is -0.886. The summed E-state index contributed by atoms with van der Waals surface area (Å²) in [4.78, 5) is 0. The highest BCUT2D eigenvalue weighted by atomic mass is 16.3. The van der Waals surface area contributed by atoms with E-state index in [-0.39, 0.29) is 39.6 Å². The van der Waals surface area contributed by atoms with Gasteiger partial charge in [0.25, 0.3) is 0 Å². The first-order valence-corrected chi connectivity index (χ1v) is 14.0. The average Bonchev–Trinajstić information content (AvgIpc) is 2.97. The lowest BCUT2D eigenvalue weighted by molar-refractivity contribution is 0.0172.